The van der Waals surface area contributed by atoms with E-state index in [2.05, 4.69) is 39.8 Å². The number of carboxylic acid groups (broad SMARTS) is 1. The second-order valence-electron chi connectivity index (χ2n) is 7.82. The molecule has 23 heavy (non-hydrogen) atoms. The first-order chi connectivity index (χ1) is 10.9. The number of aliphatic carboxylic acids is 1. The molecule has 1 aromatic carbocycles. The van der Waals surface area contributed by atoms with Gasteiger partial charge in [-0.15, -0.1) is 0 Å². The topological polar surface area (TPSA) is 37.3 Å². The summed E-state index contributed by atoms with van der Waals surface area (Å²) in [5.74, 6) is 0.650. The van der Waals surface area contributed by atoms with Crippen molar-refractivity contribution in [3.8, 4) is 0 Å². The van der Waals surface area contributed by atoms with E-state index in [4.69, 9.17) is 0 Å². The Kier molecular flexibility index (Phi) is 8.36. The Hall–Kier alpha value is -1.31. The van der Waals surface area contributed by atoms with Crippen LogP contribution < -0.4 is 0 Å². The highest BCUT2D eigenvalue weighted by Crippen LogP contribution is 2.36. The quantitative estimate of drug-likeness (QED) is 0.547. The Balaban J connectivity index is 2.86. The molecule has 0 radical (unpaired) electrons. The molecule has 2 nitrogen and oxygen atoms in total. The van der Waals surface area contributed by atoms with E-state index in [1.54, 1.807) is 0 Å². The van der Waals surface area contributed by atoms with Crippen molar-refractivity contribution in [2.75, 3.05) is 0 Å². The van der Waals surface area contributed by atoms with Gasteiger partial charge in [-0.1, -0.05) is 83.7 Å². The normalized spacial score (nSPS) is 12.1. The Morgan fingerprint density at radius 2 is 1.43 bits per heavy atom. The summed E-state index contributed by atoms with van der Waals surface area (Å²) >= 11 is 0. The molecule has 0 atom stereocenters. The van der Waals surface area contributed by atoms with Crippen molar-refractivity contribution >= 4 is 5.97 Å². The zero-order chi connectivity index (χ0) is 17.3. The van der Waals surface area contributed by atoms with Gasteiger partial charge in [-0.05, 0) is 36.7 Å². The van der Waals surface area contributed by atoms with Crippen LogP contribution in [0.15, 0.2) is 30.3 Å². The van der Waals surface area contributed by atoms with Gasteiger partial charge in [0.2, 0.25) is 0 Å². The van der Waals surface area contributed by atoms with Crippen molar-refractivity contribution in [2.45, 2.75) is 72.6 Å². The predicted molar refractivity (Wildman–Crippen MR) is 97.6 cm³/mol. The Bertz CT molecular complexity index is 434. The van der Waals surface area contributed by atoms with Crippen LogP contribution in [0.4, 0.5) is 0 Å². The second-order valence-corrected chi connectivity index (χ2v) is 7.82. The van der Waals surface area contributed by atoms with Crippen LogP contribution in [0.1, 0.15) is 71.8 Å². The molecule has 0 fully saturated rings. The summed E-state index contributed by atoms with van der Waals surface area (Å²) in [6.07, 6.45) is 6.43. The van der Waals surface area contributed by atoms with Gasteiger partial charge in [-0.3, -0.25) is 4.79 Å². The van der Waals surface area contributed by atoms with E-state index >= 15 is 0 Å². The van der Waals surface area contributed by atoms with E-state index in [9.17, 15) is 9.90 Å². The number of hydrogen-bond acceptors (Lipinski definition) is 1. The minimum absolute atomic E-state index is 0.606. The van der Waals surface area contributed by atoms with Gasteiger partial charge in [0.15, 0.2) is 0 Å². The molecule has 2 heteroatoms. The molecule has 1 aromatic rings. The molecule has 1 N–H and O–H groups in total. The van der Waals surface area contributed by atoms with Gasteiger partial charge in [-0.2, -0.15) is 0 Å². The standard InChI is InChI=1S/C21H34O2/c1-17(2)10-8-14-21(20(22)23,15-9-11-18(3)4)16-19-12-6-5-7-13-19/h5-7,12-13,17-18H,8-11,14-16H2,1-4H3,(H,22,23). The number of carbonyl (C=O) groups is 1. The molecule has 0 amide bonds. The number of carboxylic acids is 1. The molecule has 0 unspecified atom stereocenters. The lowest BCUT2D eigenvalue weighted by Crippen LogP contribution is -2.34. The van der Waals surface area contributed by atoms with Crippen LogP contribution in [0, 0.1) is 17.3 Å². The highest BCUT2D eigenvalue weighted by Gasteiger charge is 2.37. The molecule has 0 bridgehead atoms. The maximum Gasteiger partial charge on any atom is 0.309 e. The molecular weight excluding hydrogens is 284 g/mol. The molecule has 0 saturated heterocycles. The van der Waals surface area contributed by atoms with E-state index in [0.717, 1.165) is 44.1 Å². The molecule has 0 aromatic heterocycles. The molecule has 0 aliphatic heterocycles. The summed E-state index contributed by atoms with van der Waals surface area (Å²) in [5, 5.41) is 10.0. The average Bonchev–Trinajstić information content (AvgIpc) is 2.47. The third-order valence-corrected chi connectivity index (χ3v) is 4.71. The first-order valence-electron chi connectivity index (χ1n) is 9.13. The Morgan fingerprint density at radius 3 is 1.83 bits per heavy atom. The fourth-order valence-electron chi connectivity index (χ4n) is 3.28. The van der Waals surface area contributed by atoms with E-state index in [-0.39, 0.29) is 0 Å². The lowest BCUT2D eigenvalue weighted by molar-refractivity contribution is -0.150. The predicted octanol–water partition coefficient (Wildman–Crippen LogP) is 5.95. The number of benzene rings is 1. The van der Waals surface area contributed by atoms with Gasteiger partial charge >= 0.3 is 5.97 Å². The summed E-state index contributed by atoms with van der Waals surface area (Å²) in [6.45, 7) is 8.83. The molecule has 0 heterocycles. The van der Waals surface area contributed by atoms with Gasteiger partial charge in [0.05, 0.1) is 5.41 Å². The van der Waals surface area contributed by atoms with Gasteiger partial charge < -0.3 is 5.11 Å². The van der Waals surface area contributed by atoms with Gasteiger partial charge in [0.25, 0.3) is 0 Å². The van der Waals surface area contributed by atoms with Crippen molar-refractivity contribution < 1.29 is 9.90 Å². The highest BCUT2D eigenvalue weighted by atomic mass is 16.4. The van der Waals surface area contributed by atoms with Crippen LogP contribution in [0.2, 0.25) is 0 Å². The highest BCUT2D eigenvalue weighted by molar-refractivity contribution is 5.75. The second kappa shape index (κ2) is 9.75. The summed E-state index contributed by atoms with van der Waals surface area (Å²) in [6, 6.07) is 10.1. The van der Waals surface area contributed by atoms with E-state index in [1.807, 2.05) is 18.2 Å². The molecule has 0 aliphatic rings. The molecule has 0 aliphatic carbocycles. The van der Waals surface area contributed by atoms with Crippen molar-refractivity contribution in [1.82, 2.24) is 0 Å². The minimum atomic E-state index is -0.617. The van der Waals surface area contributed by atoms with E-state index in [1.165, 1.54) is 0 Å². The molecule has 0 spiro atoms. The van der Waals surface area contributed by atoms with Gasteiger partial charge in [-0.25, -0.2) is 0 Å². The third-order valence-electron chi connectivity index (χ3n) is 4.71. The number of rotatable bonds is 11. The van der Waals surface area contributed by atoms with Gasteiger partial charge in [0.1, 0.15) is 0 Å². The summed E-state index contributed by atoms with van der Waals surface area (Å²) in [4.78, 5) is 12.2. The largest absolute Gasteiger partial charge is 0.481 e. The SMILES string of the molecule is CC(C)CCCC(CCCC(C)C)(Cc1ccccc1)C(=O)O. The third kappa shape index (κ3) is 7.20. The van der Waals surface area contributed by atoms with Crippen molar-refractivity contribution in [3.05, 3.63) is 35.9 Å². The van der Waals surface area contributed by atoms with Crippen LogP contribution >= 0.6 is 0 Å². The molecular formula is C21H34O2. The first kappa shape index (κ1) is 19.7. The lowest BCUT2D eigenvalue weighted by atomic mass is 9.73. The fourth-order valence-corrected chi connectivity index (χ4v) is 3.28. The lowest BCUT2D eigenvalue weighted by Gasteiger charge is -2.30. The number of hydrogen-bond donors (Lipinski definition) is 1. The summed E-state index contributed by atoms with van der Waals surface area (Å²) in [7, 11) is 0. The van der Waals surface area contributed by atoms with Crippen molar-refractivity contribution in [1.29, 1.82) is 0 Å². The van der Waals surface area contributed by atoms with Crippen LogP contribution in [-0.4, -0.2) is 11.1 Å². The minimum Gasteiger partial charge on any atom is -0.481 e. The van der Waals surface area contributed by atoms with E-state index < -0.39 is 11.4 Å². The molecule has 1 rings (SSSR count). The monoisotopic (exact) mass is 318 g/mol. The zero-order valence-electron chi connectivity index (χ0n) is 15.3. The van der Waals surface area contributed by atoms with Crippen LogP contribution in [0.25, 0.3) is 0 Å². The van der Waals surface area contributed by atoms with Crippen molar-refractivity contribution in [3.63, 3.8) is 0 Å². The first-order valence-corrected chi connectivity index (χ1v) is 9.13. The Morgan fingerprint density at radius 1 is 0.957 bits per heavy atom. The Labute approximate surface area is 142 Å². The maximum atomic E-state index is 12.2. The maximum absolute atomic E-state index is 12.2. The average molecular weight is 319 g/mol. The molecule has 0 saturated carbocycles. The van der Waals surface area contributed by atoms with E-state index in [0.29, 0.717) is 18.3 Å². The molecule has 130 valence electrons. The van der Waals surface area contributed by atoms with Crippen LogP contribution in [0.3, 0.4) is 0 Å². The zero-order valence-corrected chi connectivity index (χ0v) is 15.3. The fraction of sp³-hybridized carbons (Fsp3) is 0.667. The van der Waals surface area contributed by atoms with Gasteiger partial charge in [0, 0.05) is 0 Å². The smallest absolute Gasteiger partial charge is 0.309 e. The summed E-state index contributed by atoms with van der Waals surface area (Å²) < 4.78 is 0. The summed E-state index contributed by atoms with van der Waals surface area (Å²) in [5.41, 5.74) is 0.537. The van der Waals surface area contributed by atoms with Crippen LogP contribution in [-0.2, 0) is 11.2 Å². The van der Waals surface area contributed by atoms with Crippen molar-refractivity contribution in [2.24, 2.45) is 17.3 Å². The van der Waals surface area contributed by atoms with Crippen LogP contribution in [0.5, 0.6) is 0 Å².